The van der Waals surface area contributed by atoms with Gasteiger partial charge in [0.15, 0.2) is 6.29 Å². The Labute approximate surface area is 99.2 Å². The van der Waals surface area contributed by atoms with Crippen molar-refractivity contribution in [3.05, 3.63) is 29.5 Å². The molecule has 0 amide bonds. The average Bonchev–Trinajstić information content (AvgIpc) is 2.37. The van der Waals surface area contributed by atoms with Crippen LogP contribution < -0.4 is 9.47 Å². The van der Waals surface area contributed by atoms with Crippen LogP contribution >= 0.6 is 0 Å². The van der Waals surface area contributed by atoms with Crippen LogP contribution in [0.2, 0.25) is 0 Å². The van der Waals surface area contributed by atoms with E-state index >= 15 is 0 Å². The van der Waals surface area contributed by atoms with Gasteiger partial charge in [0, 0.05) is 11.5 Å². The van der Waals surface area contributed by atoms with Gasteiger partial charge in [0.05, 0.1) is 14.2 Å². The quantitative estimate of drug-likeness (QED) is 0.761. The Balaban J connectivity index is 2.83. The van der Waals surface area contributed by atoms with Gasteiger partial charge in [-0.2, -0.15) is 0 Å². The van der Waals surface area contributed by atoms with Crippen molar-refractivity contribution < 1.29 is 14.3 Å². The number of methoxy groups -OCH3 is 2. The number of carbonyl (C=O) groups is 1. The molecule has 1 aromatic carbocycles. The molecule has 0 bridgehead atoms. The van der Waals surface area contributed by atoms with Gasteiger partial charge in [0.1, 0.15) is 22.7 Å². The van der Waals surface area contributed by atoms with E-state index in [4.69, 9.17) is 9.47 Å². The summed E-state index contributed by atoms with van der Waals surface area (Å²) in [5.41, 5.74) is 2.04. The van der Waals surface area contributed by atoms with E-state index in [0.29, 0.717) is 22.7 Å². The summed E-state index contributed by atoms with van der Waals surface area (Å²) in [4.78, 5) is 15.0. The third-order valence-electron chi connectivity index (χ3n) is 2.65. The molecule has 0 N–H and O–H groups in total. The monoisotopic (exact) mass is 231 g/mol. The fourth-order valence-electron chi connectivity index (χ4n) is 1.79. The van der Waals surface area contributed by atoms with Crippen LogP contribution in [0.4, 0.5) is 0 Å². The van der Waals surface area contributed by atoms with Gasteiger partial charge >= 0.3 is 0 Å². The first kappa shape index (κ1) is 11.4. The molecular weight excluding hydrogens is 218 g/mol. The van der Waals surface area contributed by atoms with Crippen LogP contribution in [0.15, 0.2) is 18.2 Å². The smallest absolute Gasteiger partial charge is 0.168 e. The van der Waals surface area contributed by atoms with Crippen molar-refractivity contribution in [3.8, 4) is 11.5 Å². The minimum atomic E-state index is 0.401. The molecule has 2 aromatic rings. The molecule has 2 rings (SSSR count). The Morgan fingerprint density at radius 1 is 1.18 bits per heavy atom. The SMILES string of the molecule is COc1cc(OC)c2nc(C=O)cc(C)c2c1. The molecule has 1 aromatic heterocycles. The zero-order valence-corrected chi connectivity index (χ0v) is 9.98. The molecule has 1 heterocycles. The molecule has 0 aliphatic carbocycles. The van der Waals surface area contributed by atoms with Gasteiger partial charge in [-0.3, -0.25) is 4.79 Å². The molecule has 0 atom stereocenters. The second-order valence-electron chi connectivity index (χ2n) is 3.71. The number of rotatable bonds is 3. The summed E-state index contributed by atoms with van der Waals surface area (Å²) in [5, 5.41) is 0.923. The largest absolute Gasteiger partial charge is 0.497 e. The molecule has 0 unspecified atom stereocenters. The fraction of sp³-hybridized carbons (Fsp3) is 0.231. The lowest BCUT2D eigenvalue weighted by atomic mass is 10.1. The van der Waals surface area contributed by atoms with Gasteiger partial charge in [-0.25, -0.2) is 4.98 Å². The lowest BCUT2D eigenvalue weighted by Gasteiger charge is -2.10. The van der Waals surface area contributed by atoms with E-state index in [1.165, 1.54) is 0 Å². The van der Waals surface area contributed by atoms with Crippen LogP contribution in [-0.2, 0) is 0 Å². The standard InChI is InChI=1S/C13H13NO3/c1-8-4-9(7-15)14-13-11(8)5-10(16-2)6-12(13)17-3/h4-7H,1-3H3. The first-order valence-electron chi connectivity index (χ1n) is 5.18. The van der Waals surface area contributed by atoms with E-state index in [2.05, 4.69) is 4.98 Å². The Morgan fingerprint density at radius 3 is 2.53 bits per heavy atom. The maximum Gasteiger partial charge on any atom is 0.168 e. The minimum Gasteiger partial charge on any atom is -0.497 e. The van der Waals surface area contributed by atoms with E-state index < -0.39 is 0 Å². The Morgan fingerprint density at radius 2 is 1.94 bits per heavy atom. The fourth-order valence-corrected chi connectivity index (χ4v) is 1.79. The predicted octanol–water partition coefficient (Wildman–Crippen LogP) is 2.37. The summed E-state index contributed by atoms with van der Waals surface area (Å²) in [7, 11) is 3.17. The van der Waals surface area contributed by atoms with Crippen LogP contribution in [0.3, 0.4) is 0 Å². The van der Waals surface area contributed by atoms with E-state index in [1.54, 1.807) is 26.4 Å². The predicted molar refractivity (Wildman–Crippen MR) is 65.0 cm³/mol. The number of benzene rings is 1. The molecule has 4 nitrogen and oxygen atoms in total. The number of nitrogens with zero attached hydrogens (tertiary/aromatic N) is 1. The average molecular weight is 231 g/mol. The summed E-state index contributed by atoms with van der Waals surface area (Å²) < 4.78 is 10.5. The van der Waals surface area contributed by atoms with E-state index in [0.717, 1.165) is 17.2 Å². The highest BCUT2D eigenvalue weighted by Gasteiger charge is 2.10. The topological polar surface area (TPSA) is 48.4 Å². The molecule has 17 heavy (non-hydrogen) atoms. The van der Waals surface area contributed by atoms with Crippen LogP contribution in [0.5, 0.6) is 11.5 Å². The lowest BCUT2D eigenvalue weighted by Crippen LogP contribution is -1.95. The molecule has 0 spiro atoms. The number of aldehydes is 1. The van der Waals surface area contributed by atoms with Crippen molar-refractivity contribution in [2.24, 2.45) is 0 Å². The number of fused-ring (bicyclic) bond motifs is 1. The molecule has 0 aliphatic heterocycles. The zero-order chi connectivity index (χ0) is 12.4. The third kappa shape index (κ3) is 1.93. The number of carbonyl (C=O) groups excluding carboxylic acids is 1. The molecule has 0 fully saturated rings. The lowest BCUT2D eigenvalue weighted by molar-refractivity contribution is 0.111. The highest BCUT2D eigenvalue weighted by atomic mass is 16.5. The molecule has 0 saturated heterocycles. The summed E-state index contributed by atoms with van der Waals surface area (Å²) in [6.07, 6.45) is 0.732. The van der Waals surface area contributed by atoms with Crippen molar-refractivity contribution in [1.29, 1.82) is 0 Å². The number of ether oxygens (including phenoxy) is 2. The molecular formula is C13H13NO3. The summed E-state index contributed by atoms with van der Waals surface area (Å²) >= 11 is 0. The van der Waals surface area contributed by atoms with Crippen LogP contribution in [0, 0.1) is 6.92 Å². The Hall–Kier alpha value is -2.10. The summed E-state index contributed by atoms with van der Waals surface area (Å²) in [6.45, 7) is 1.93. The van der Waals surface area contributed by atoms with Crippen LogP contribution in [0.1, 0.15) is 16.1 Å². The molecule has 4 heteroatoms. The highest BCUT2D eigenvalue weighted by molar-refractivity contribution is 5.91. The summed E-state index contributed by atoms with van der Waals surface area (Å²) in [5.74, 6) is 1.31. The Bertz CT molecular complexity index is 578. The molecule has 0 aliphatic rings. The first-order chi connectivity index (χ1) is 8.19. The van der Waals surface area contributed by atoms with E-state index in [-0.39, 0.29) is 0 Å². The van der Waals surface area contributed by atoms with Crippen molar-refractivity contribution in [2.45, 2.75) is 6.92 Å². The second kappa shape index (κ2) is 4.41. The van der Waals surface area contributed by atoms with Gasteiger partial charge in [0.25, 0.3) is 0 Å². The molecule has 0 saturated carbocycles. The number of hydrogen-bond donors (Lipinski definition) is 0. The van der Waals surface area contributed by atoms with Gasteiger partial charge < -0.3 is 9.47 Å². The Kier molecular flexibility index (Phi) is 2.95. The van der Waals surface area contributed by atoms with Gasteiger partial charge in [-0.1, -0.05) is 0 Å². The minimum absolute atomic E-state index is 0.401. The summed E-state index contributed by atoms with van der Waals surface area (Å²) in [6, 6.07) is 5.38. The maximum atomic E-state index is 10.8. The van der Waals surface area contributed by atoms with E-state index in [1.807, 2.05) is 13.0 Å². The normalized spacial score (nSPS) is 10.3. The highest BCUT2D eigenvalue weighted by Crippen LogP contribution is 2.31. The first-order valence-corrected chi connectivity index (χ1v) is 5.18. The molecule has 88 valence electrons. The number of pyridine rings is 1. The van der Waals surface area contributed by atoms with Gasteiger partial charge in [-0.15, -0.1) is 0 Å². The van der Waals surface area contributed by atoms with Gasteiger partial charge in [0.2, 0.25) is 0 Å². The van der Waals surface area contributed by atoms with Crippen LogP contribution in [-0.4, -0.2) is 25.5 Å². The number of aromatic nitrogens is 1. The van der Waals surface area contributed by atoms with Crippen molar-refractivity contribution >= 4 is 17.2 Å². The van der Waals surface area contributed by atoms with Crippen molar-refractivity contribution in [3.63, 3.8) is 0 Å². The zero-order valence-electron chi connectivity index (χ0n) is 9.98. The van der Waals surface area contributed by atoms with Gasteiger partial charge in [-0.05, 0) is 24.6 Å². The number of aryl methyl sites for hydroxylation is 1. The third-order valence-corrected chi connectivity index (χ3v) is 2.65. The number of hydrogen-bond acceptors (Lipinski definition) is 4. The maximum absolute atomic E-state index is 10.8. The second-order valence-corrected chi connectivity index (χ2v) is 3.71. The van der Waals surface area contributed by atoms with Crippen molar-refractivity contribution in [2.75, 3.05) is 14.2 Å². The van der Waals surface area contributed by atoms with Crippen LogP contribution in [0.25, 0.3) is 10.9 Å². The van der Waals surface area contributed by atoms with Crippen molar-refractivity contribution in [1.82, 2.24) is 4.98 Å². The molecule has 0 radical (unpaired) electrons. The van der Waals surface area contributed by atoms with E-state index in [9.17, 15) is 4.79 Å².